The third-order valence-corrected chi connectivity index (χ3v) is 14.1. The van der Waals surface area contributed by atoms with Crippen molar-refractivity contribution in [2.24, 2.45) is 0 Å². The van der Waals surface area contributed by atoms with Crippen LogP contribution in [-0.4, -0.2) is 111 Å². The van der Waals surface area contributed by atoms with E-state index in [-0.39, 0.29) is 53.7 Å². The van der Waals surface area contributed by atoms with Gasteiger partial charge in [-0.1, -0.05) is 0 Å². The van der Waals surface area contributed by atoms with Crippen molar-refractivity contribution in [1.29, 1.82) is 0 Å². The Morgan fingerprint density at radius 3 is 2.17 bits per heavy atom. The molecule has 384 valence electrons. The molecule has 0 aromatic carbocycles. The topological polar surface area (TPSA) is 226 Å². The van der Waals surface area contributed by atoms with Crippen LogP contribution in [0.5, 0.6) is 0 Å². The van der Waals surface area contributed by atoms with Crippen molar-refractivity contribution in [1.82, 2.24) is 59.8 Å². The van der Waals surface area contributed by atoms with Gasteiger partial charge in [-0.15, -0.1) is 13.2 Å². The number of amides is 2. The molecule has 6 aromatic heterocycles. The second kappa shape index (κ2) is 18.4. The average Bonchev–Trinajstić information content (AvgIpc) is 4.19. The number of methoxy groups -OCH3 is 1. The summed E-state index contributed by atoms with van der Waals surface area (Å²) in [5.74, 6) is 0.365. The highest BCUT2D eigenvalue weighted by Gasteiger charge is 2.48. The first-order valence-corrected chi connectivity index (χ1v) is 24.4. The molecule has 2 unspecified atom stereocenters. The number of alkyl carbamates (subject to hydrolysis) is 2. The summed E-state index contributed by atoms with van der Waals surface area (Å²) in [6.07, 6.45) is -2.42. The number of alkyl halides is 5. The first-order chi connectivity index (χ1) is 34.4. The Balaban J connectivity index is 0.895. The van der Waals surface area contributed by atoms with E-state index in [0.717, 1.165) is 31.4 Å². The van der Waals surface area contributed by atoms with E-state index in [0.29, 0.717) is 77.2 Å². The standard InChI is InChI=1S/C47H55F5N14O6/c1-22(2)53-44(67)71-37-8-7-27(41(37)49)30-16-39(60-59-30)56-43-36-14-26(21-70-47(50,51)52)62-65(36)19-32(55-43)28-15-34(28)66-33(24-11-29(48)38(12-24)72-45(68)58-46(3)9-10-46)17-40(63-66)57-42-35-13-25(20-69-4)61-64(35)18-31(54-42)23-5-6-23/h13-14,16-19,22-24,27-29,34,37-38,41H,5-12,15,20-21H2,1-4H3,(H,53,67)(H,58,68)(H,54,57,63)(H2,55,56,59,60)/t24-,27-,28?,29+,34?,37-,38-,41+/m0/s1. The van der Waals surface area contributed by atoms with Gasteiger partial charge < -0.3 is 35.5 Å². The van der Waals surface area contributed by atoms with E-state index in [9.17, 15) is 22.8 Å². The maximum absolute atomic E-state index is 15.9. The fourth-order valence-electron chi connectivity index (χ4n) is 9.97. The molecular formula is C47H55F5N14O6. The van der Waals surface area contributed by atoms with Gasteiger partial charge in [-0.05, 0) is 90.7 Å². The van der Waals surface area contributed by atoms with Gasteiger partial charge in [-0.2, -0.15) is 20.4 Å². The summed E-state index contributed by atoms with van der Waals surface area (Å²) in [5, 5.41) is 33.5. The van der Waals surface area contributed by atoms with E-state index >= 15 is 8.78 Å². The van der Waals surface area contributed by atoms with Gasteiger partial charge in [0, 0.05) is 65.9 Å². The number of carbonyl (C=O) groups excluding carboxylic acids is 2. The summed E-state index contributed by atoms with van der Waals surface area (Å²) >= 11 is 0. The Morgan fingerprint density at radius 1 is 0.806 bits per heavy atom. The Bertz CT molecular complexity index is 3000. The van der Waals surface area contributed by atoms with Crippen LogP contribution < -0.4 is 21.3 Å². The summed E-state index contributed by atoms with van der Waals surface area (Å²) in [6.45, 7) is 4.90. The number of hydrogen-bond donors (Lipinski definition) is 5. The van der Waals surface area contributed by atoms with Gasteiger partial charge in [0.2, 0.25) is 0 Å². The largest absolute Gasteiger partial charge is 0.522 e. The zero-order valence-electron chi connectivity index (χ0n) is 39.9. The highest BCUT2D eigenvalue weighted by Crippen LogP contribution is 2.53. The number of aromatic nitrogens is 10. The Hall–Kier alpha value is -6.63. The second-order valence-corrected chi connectivity index (χ2v) is 20.4. The highest BCUT2D eigenvalue weighted by molar-refractivity contribution is 5.74. The van der Waals surface area contributed by atoms with Crippen LogP contribution in [0, 0.1) is 0 Å². The molecular weight excluding hydrogens is 952 g/mol. The first kappa shape index (κ1) is 47.7. The maximum Gasteiger partial charge on any atom is 0.522 e. The van der Waals surface area contributed by atoms with Gasteiger partial charge in [0.05, 0.1) is 47.8 Å². The quantitative estimate of drug-likeness (QED) is 0.0540. The molecule has 5 aliphatic rings. The number of halogens is 5. The molecule has 5 fully saturated rings. The molecule has 11 rings (SSSR count). The third kappa shape index (κ3) is 10.2. The van der Waals surface area contributed by atoms with E-state index in [1.54, 1.807) is 37.7 Å². The van der Waals surface area contributed by atoms with E-state index in [1.165, 1.54) is 10.6 Å². The summed E-state index contributed by atoms with van der Waals surface area (Å²) in [7, 11) is 1.60. The highest BCUT2D eigenvalue weighted by atomic mass is 19.4. The molecule has 0 radical (unpaired) electrons. The number of ether oxygens (including phenoxy) is 4. The molecule has 0 bridgehead atoms. The Labute approximate surface area is 408 Å². The number of nitrogens with one attached hydrogen (secondary N) is 5. The molecule has 6 aromatic rings. The molecule has 5 N–H and O–H groups in total. The molecule has 0 spiro atoms. The number of fused-ring (bicyclic) bond motifs is 2. The maximum atomic E-state index is 15.9. The van der Waals surface area contributed by atoms with Crippen LogP contribution in [0.25, 0.3) is 11.0 Å². The Morgan fingerprint density at radius 2 is 1.49 bits per heavy atom. The van der Waals surface area contributed by atoms with Crippen molar-refractivity contribution in [3.05, 3.63) is 70.8 Å². The molecule has 6 heterocycles. The number of anilines is 4. The molecule has 8 atom stereocenters. The lowest BCUT2D eigenvalue weighted by atomic mass is 10.0. The zero-order valence-corrected chi connectivity index (χ0v) is 39.9. The minimum absolute atomic E-state index is 0.0204. The van der Waals surface area contributed by atoms with Crippen LogP contribution in [0.1, 0.15) is 142 Å². The van der Waals surface area contributed by atoms with Crippen LogP contribution >= 0.6 is 0 Å². The van der Waals surface area contributed by atoms with E-state index in [4.69, 9.17) is 34.4 Å². The summed E-state index contributed by atoms with van der Waals surface area (Å²) in [5.41, 5.74) is 3.92. The smallest absolute Gasteiger partial charge is 0.443 e. The molecule has 0 aliphatic heterocycles. The third-order valence-electron chi connectivity index (χ3n) is 14.1. The molecule has 25 heteroatoms. The molecule has 0 saturated heterocycles. The van der Waals surface area contributed by atoms with Crippen molar-refractivity contribution in [2.45, 2.75) is 164 Å². The van der Waals surface area contributed by atoms with Crippen molar-refractivity contribution < 1.29 is 50.5 Å². The van der Waals surface area contributed by atoms with Gasteiger partial charge in [0.25, 0.3) is 0 Å². The van der Waals surface area contributed by atoms with E-state index < -0.39 is 61.5 Å². The van der Waals surface area contributed by atoms with Crippen molar-refractivity contribution in [3.8, 4) is 0 Å². The number of hydrogen-bond acceptors (Lipinski definition) is 14. The number of aromatic amines is 1. The lowest BCUT2D eigenvalue weighted by molar-refractivity contribution is -0.330. The molecule has 72 heavy (non-hydrogen) atoms. The summed E-state index contributed by atoms with van der Waals surface area (Å²) in [4.78, 5) is 35.1. The second-order valence-electron chi connectivity index (χ2n) is 20.4. The lowest BCUT2D eigenvalue weighted by Crippen LogP contribution is -2.38. The van der Waals surface area contributed by atoms with Crippen LogP contribution in [-0.2, 0) is 32.2 Å². The van der Waals surface area contributed by atoms with Gasteiger partial charge in [-0.3, -0.25) is 14.5 Å². The van der Waals surface area contributed by atoms with Gasteiger partial charge in [-0.25, -0.2) is 37.4 Å². The minimum atomic E-state index is -4.90. The fourth-order valence-corrected chi connectivity index (χ4v) is 9.97. The molecule has 2 amide bonds. The van der Waals surface area contributed by atoms with Crippen molar-refractivity contribution >= 4 is 46.5 Å². The average molecular weight is 1010 g/mol. The number of nitrogens with zero attached hydrogens (tertiary/aromatic N) is 9. The molecule has 20 nitrogen and oxygen atoms in total. The zero-order chi connectivity index (χ0) is 50.2. The van der Waals surface area contributed by atoms with Gasteiger partial charge in [0.15, 0.2) is 23.3 Å². The number of rotatable bonds is 17. The fraction of sp³-hybridized carbons (Fsp3) is 0.574. The van der Waals surface area contributed by atoms with Crippen LogP contribution in [0.15, 0.2) is 36.7 Å². The first-order valence-electron chi connectivity index (χ1n) is 24.4. The van der Waals surface area contributed by atoms with Crippen molar-refractivity contribution in [2.75, 3.05) is 17.7 Å². The summed E-state index contributed by atoms with van der Waals surface area (Å²) in [6, 6.07) is 6.30. The van der Waals surface area contributed by atoms with Crippen LogP contribution in [0.4, 0.5) is 54.8 Å². The lowest BCUT2D eigenvalue weighted by Gasteiger charge is -2.18. The van der Waals surface area contributed by atoms with Gasteiger partial charge in [0.1, 0.15) is 42.2 Å². The molecule has 5 aliphatic carbocycles. The minimum Gasteiger partial charge on any atom is -0.443 e. The van der Waals surface area contributed by atoms with Crippen LogP contribution in [0.2, 0.25) is 0 Å². The predicted molar refractivity (Wildman–Crippen MR) is 247 cm³/mol. The van der Waals surface area contributed by atoms with Gasteiger partial charge >= 0.3 is 18.5 Å². The summed E-state index contributed by atoms with van der Waals surface area (Å²) < 4.78 is 96.9. The number of carbonyl (C=O) groups is 2. The van der Waals surface area contributed by atoms with E-state index in [1.807, 2.05) is 29.9 Å². The number of H-pyrrole nitrogens is 1. The predicted octanol–water partition coefficient (Wildman–Crippen LogP) is 8.55. The van der Waals surface area contributed by atoms with E-state index in [2.05, 4.69) is 41.3 Å². The SMILES string of the molecule is COCc1cc2c(Nc3cc([C@H]4C[C@@H](F)[C@@H](OC(=O)NC5(C)CC5)C4)n(C4CC4c4cn5nc(COC(F)(F)F)cc5c(Nc5cc([C@@H]6CC[C@H](OC(=O)NC(C)C)[C@@H]6F)[nH]n5)n4)n3)nc(C3CC3)cn2n1. The normalized spacial score (nSPS) is 25.6. The van der Waals surface area contributed by atoms with Crippen molar-refractivity contribution in [3.63, 3.8) is 0 Å². The molecule has 5 saturated carbocycles. The monoisotopic (exact) mass is 1010 g/mol. The van der Waals surface area contributed by atoms with Crippen LogP contribution in [0.3, 0.4) is 0 Å². The Kier molecular flexibility index (Phi) is 12.2.